The molecule has 0 unspecified atom stereocenters. The second-order valence-electron chi connectivity index (χ2n) is 4.37. The molecular formula is C12H15NO3. The average Bonchev–Trinajstić information content (AvgIpc) is 2.39. The van der Waals surface area contributed by atoms with Crippen molar-refractivity contribution in [1.82, 2.24) is 5.32 Å². The maximum Gasteiger partial charge on any atom is 0.255 e. The second-order valence-corrected chi connectivity index (χ2v) is 4.37. The summed E-state index contributed by atoms with van der Waals surface area (Å²) in [6, 6.07) is 5.15. The molecule has 2 rings (SSSR count). The van der Waals surface area contributed by atoms with Gasteiger partial charge >= 0.3 is 0 Å². The Hall–Kier alpha value is -1.55. The summed E-state index contributed by atoms with van der Waals surface area (Å²) >= 11 is 0. The zero-order valence-corrected chi connectivity index (χ0v) is 9.41. The van der Waals surface area contributed by atoms with E-state index in [1.807, 2.05) is 0 Å². The van der Waals surface area contributed by atoms with Gasteiger partial charge in [-0.15, -0.1) is 0 Å². The van der Waals surface area contributed by atoms with Gasteiger partial charge < -0.3 is 15.2 Å². The van der Waals surface area contributed by atoms with Gasteiger partial charge in [0.15, 0.2) is 0 Å². The first-order chi connectivity index (χ1) is 7.48. The fourth-order valence-corrected chi connectivity index (χ4v) is 1.63. The lowest BCUT2D eigenvalue weighted by atomic mass is 9.96. The molecule has 1 amide bonds. The van der Waals surface area contributed by atoms with E-state index >= 15 is 0 Å². The van der Waals surface area contributed by atoms with Gasteiger partial charge in [-0.3, -0.25) is 4.79 Å². The van der Waals surface area contributed by atoms with E-state index in [1.165, 1.54) is 0 Å². The van der Waals surface area contributed by atoms with Crippen LogP contribution in [-0.2, 0) is 5.60 Å². The van der Waals surface area contributed by atoms with Crippen LogP contribution in [0.4, 0.5) is 0 Å². The van der Waals surface area contributed by atoms with Crippen molar-refractivity contribution in [1.29, 1.82) is 0 Å². The van der Waals surface area contributed by atoms with Gasteiger partial charge in [-0.2, -0.15) is 0 Å². The molecule has 2 N–H and O–H groups in total. The summed E-state index contributed by atoms with van der Waals surface area (Å²) in [5.41, 5.74) is 0.327. The molecular weight excluding hydrogens is 206 g/mol. The monoisotopic (exact) mass is 221 g/mol. The first-order valence-corrected chi connectivity index (χ1v) is 5.26. The van der Waals surface area contributed by atoms with E-state index in [0.29, 0.717) is 24.5 Å². The zero-order valence-electron chi connectivity index (χ0n) is 9.41. The number of nitrogens with one attached hydrogen (secondary N) is 1. The molecule has 0 fully saturated rings. The smallest absolute Gasteiger partial charge is 0.255 e. The number of hydrogen-bond acceptors (Lipinski definition) is 3. The Kier molecular flexibility index (Phi) is 2.59. The topological polar surface area (TPSA) is 58.6 Å². The molecule has 0 bridgehead atoms. The number of aliphatic hydroxyl groups is 1. The predicted octanol–water partition coefficient (Wildman–Crippen LogP) is 1.04. The minimum Gasteiger partial charge on any atom is -0.491 e. The van der Waals surface area contributed by atoms with Gasteiger partial charge in [-0.1, -0.05) is 6.07 Å². The minimum atomic E-state index is -0.929. The molecule has 0 aromatic heterocycles. The average molecular weight is 221 g/mol. The molecule has 1 aliphatic rings. The third-order valence-electron chi connectivity index (χ3n) is 2.58. The molecule has 0 saturated carbocycles. The zero-order chi connectivity index (χ0) is 11.8. The number of rotatable bonds is 1. The Balaban J connectivity index is 2.45. The number of carbonyl (C=O) groups excluding carboxylic acids is 1. The maximum absolute atomic E-state index is 11.6. The van der Waals surface area contributed by atoms with Crippen LogP contribution in [0.1, 0.15) is 29.8 Å². The minimum absolute atomic E-state index is 0.130. The van der Waals surface area contributed by atoms with Crippen molar-refractivity contribution in [3.05, 3.63) is 29.3 Å². The van der Waals surface area contributed by atoms with Gasteiger partial charge in [-0.25, -0.2) is 0 Å². The van der Waals surface area contributed by atoms with E-state index in [4.69, 9.17) is 4.74 Å². The molecule has 16 heavy (non-hydrogen) atoms. The molecule has 0 radical (unpaired) electrons. The van der Waals surface area contributed by atoms with E-state index in [9.17, 15) is 9.90 Å². The van der Waals surface area contributed by atoms with E-state index < -0.39 is 5.60 Å². The van der Waals surface area contributed by atoms with Crippen LogP contribution in [0.15, 0.2) is 18.2 Å². The number of hydrogen-bond donors (Lipinski definition) is 2. The molecule has 1 aromatic rings. The maximum atomic E-state index is 11.6. The van der Waals surface area contributed by atoms with Crippen LogP contribution in [0.2, 0.25) is 0 Å². The largest absolute Gasteiger partial charge is 0.491 e. The standard InChI is InChI=1S/C12H15NO3/c1-12(2,15)8-3-4-9-10(7-8)16-6-5-13-11(9)14/h3-4,7,15H,5-6H2,1-2H3,(H,13,14). The quantitative estimate of drug-likeness (QED) is 0.744. The third kappa shape index (κ3) is 2.02. The fourth-order valence-electron chi connectivity index (χ4n) is 1.63. The Morgan fingerprint density at radius 3 is 2.88 bits per heavy atom. The van der Waals surface area contributed by atoms with E-state index in [2.05, 4.69) is 5.32 Å². The summed E-state index contributed by atoms with van der Waals surface area (Å²) in [6.45, 7) is 4.36. The van der Waals surface area contributed by atoms with Gasteiger partial charge in [0, 0.05) is 0 Å². The Morgan fingerprint density at radius 2 is 2.19 bits per heavy atom. The summed E-state index contributed by atoms with van der Waals surface area (Å²) in [4.78, 5) is 11.6. The number of amides is 1. The lowest BCUT2D eigenvalue weighted by molar-refractivity contribution is 0.0781. The molecule has 1 aromatic carbocycles. The first kappa shape index (κ1) is 11.0. The second kappa shape index (κ2) is 3.79. The van der Waals surface area contributed by atoms with Crippen LogP contribution in [0, 0.1) is 0 Å². The van der Waals surface area contributed by atoms with Crippen molar-refractivity contribution in [3.8, 4) is 5.75 Å². The molecule has 0 spiro atoms. The van der Waals surface area contributed by atoms with Crippen LogP contribution in [0.3, 0.4) is 0 Å². The van der Waals surface area contributed by atoms with E-state index in [0.717, 1.165) is 5.56 Å². The molecule has 0 saturated heterocycles. The van der Waals surface area contributed by atoms with E-state index in [1.54, 1.807) is 32.0 Å². The van der Waals surface area contributed by atoms with Crippen LogP contribution in [0.25, 0.3) is 0 Å². The lowest BCUT2D eigenvalue weighted by Gasteiger charge is -2.19. The summed E-state index contributed by atoms with van der Waals surface area (Å²) in [5, 5.41) is 12.6. The van der Waals surface area contributed by atoms with Crippen molar-refractivity contribution in [3.63, 3.8) is 0 Å². The molecule has 86 valence electrons. The Bertz CT molecular complexity index is 421. The summed E-state index contributed by atoms with van der Waals surface area (Å²) in [6.07, 6.45) is 0. The fraction of sp³-hybridized carbons (Fsp3) is 0.417. The molecule has 1 aliphatic heterocycles. The van der Waals surface area contributed by atoms with E-state index in [-0.39, 0.29) is 5.91 Å². The molecule has 0 atom stereocenters. The van der Waals surface area contributed by atoms with Crippen LogP contribution < -0.4 is 10.1 Å². The van der Waals surface area contributed by atoms with Crippen molar-refractivity contribution in [2.75, 3.05) is 13.2 Å². The lowest BCUT2D eigenvalue weighted by Crippen LogP contribution is -2.24. The molecule has 4 nitrogen and oxygen atoms in total. The number of ether oxygens (including phenoxy) is 1. The van der Waals surface area contributed by atoms with Crippen molar-refractivity contribution < 1.29 is 14.6 Å². The van der Waals surface area contributed by atoms with Gasteiger partial charge in [0.05, 0.1) is 17.7 Å². The predicted molar refractivity (Wildman–Crippen MR) is 59.5 cm³/mol. The third-order valence-corrected chi connectivity index (χ3v) is 2.58. The van der Waals surface area contributed by atoms with Crippen LogP contribution >= 0.6 is 0 Å². The van der Waals surface area contributed by atoms with Crippen molar-refractivity contribution in [2.45, 2.75) is 19.4 Å². The van der Waals surface area contributed by atoms with Gasteiger partial charge in [0.25, 0.3) is 5.91 Å². The highest BCUT2D eigenvalue weighted by Crippen LogP contribution is 2.27. The van der Waals surface area contributed by atoms with Crippen molar-refractivity contribution >= 4 is 5.91 Å². The Labute approximate surface area is 94.2 Å². The number of benzene rings is 1. The van der Waals surface area contributed by atoms with Crippen LogP contribution in [0.5, 0.6) is 5.75 Å². The number of carbonyl (C=O) groups is 1. The highest BCUT2D eigenvalue weighted by molar-refractivity contribution is 5.97. The summed E-state index contributed by atoms with van der Waals surface area (Å²) < 4.78 is 5.46. The first-order valence-electron chi connectivity index (χ1n) is 5.26. The Morgan fingerprint density at radius 1 is 1.44 bits per heavy atom. The summed E-state index contributed by atoms with van der Waals surface area (Å²) in [5.74, 6) is 0.407. The van der Waals surface area contributed by atoms with Gasteiger partial charge in [0.2, 0.25) is 0 Å². The molecule has 0 aliphatic carbocycles. The number of fused-ring (bicyclic) bond motifs is 1. The summed E-state index contributed by atoms with van der Waals surface area (Å²) in [7, 11) is 0. The van der Waals surface area contributed by atoms with Crippen molar-refractivity contribution in [2.24, 2.45) is 0 Å². The van der Waals surface area contributed by atoms with Gasteiger partial charge in [0.1, 0.15) is 12.4 Å². The SMILES string of the molecule is CC(C)(O)c1ccc2c(c1)OCCNC2=O. The van der Waals surface area contributed by atoms with Crippen LogP contribution in [-0.4, -0.2) is 24.2 Å². The normalized spacial score (nSPS) is 15.8. The van der Waals surface area contributed by atoms with Gasteiger partial charge in [-0.05, 0) is 31.5 Å². The molecule has 1 heterocycles. The highest BCUT2D eigenvalue weighted by atomic mass is 16.5. The highest BCUT2D eigenvalue weighted by Gasteiger charge is 2.21. The molecule has 4 heteroatoms.